The van der Waals surface area contributed by atoms with E-state index in [0.717, 1.165) is 18.5 Å². The van der Waals surface area contributed by atoms with Crippen LogP contribution in [-0.2, 0) is 11.2 Å². The Labute approximate surface area is 184 Å². The van der Waals surface area contributed by atoms with E-state index < -0.39 is 5.91 Å². The van der Waals surface area contributed by atoms with Crippen LogP contribution in [0.1, 0.15) is 56.7 Å². The van der Waals surface area contributed by atoms with Crippen LogP contribution in [0.25, 0.3) is 6.08 Å². The highest BCUT2D eigenvalue weighted by atomic mass is 35.5. The number of amides is 1. The molecule has 0 aliphatic carbocycles. The number of nitriles is 1. The fourth-order valence-corrected chi connectivity index (χ4v) is 4.25. The molecule has 0 spiro atoms. The summed E-state index contributed by atoms with van der Waals surface area (Å²) in [7, 11) is 2.08. The number of carbonyl (C=O) groups is 1. The Morgan fingerprint density at radius 2 is 2.00 bits per heavy atom. The van der Waals surface area contributed by atoms with Gasteiger partial charge in [-0.2, -0.15) is 5.26 Å². The molecule has 0 saturated carbocycles. The van der Waals surface area contributed by atoms with Crippen LogP contribution >= 0.6 is 11.6 Å². The average molecular weight is 422 g/mol. The lowest BCUT2D eigenvalue weighted by Crippen LogP contribution is -2.45. The third-order valence-corrected chi connectivity index (χ3v) is 6.36. The van der Waals surface area contributed by atoms with Crippen LogP contribution in [0.2, 0.25) is 5.02 Å². The Kier molecular flexibility index (Phi) is 6.24. The Morgan fingerprint density at radius 3 is 2.60 bits per heavy atom. The van der Waals surface area contributed by atoms with Crippen molar-refractivity contribution in [2.45, 2.75) is 52.0 Å². The van der Waals surface area contributed by atoms with Crippen molar-refractivity contribution in [3.05, 3.63) is 63.7 Å². The van der Waals surface area contributed by atoms with Gasteiger partial charge in [0.15, 0.2) is 0 Å². The van der Waals surface area contributed by atoms with Crippen LogP contribution in [0, 0.1) is 11.3 Å². The van der Waals surface area contributed by atoms with Gasteiger partial charge in [-0.25, -0.2) is 0 Å². The smallest absolute Gasteiger partial charge is 0.266 e. The number of hydrogen-bond acceptors (Lipinski definition) is 3. The molecule has 1 heterocycles. The summed E-state index contributed by atoms with van der Waals surface area (Å²) < 4.78 is 0. The van der Waals surface area contributed by atoms with Gasteiger partial charge in [-0.3, -0.25) is 4.79 Å². The predicted octanol–water partition coefficient (Wildman–Crippen LogP) is 6.17. The number of aryl methyl sites for hydroxylation is 1. The topological polar surface area (TPSA) is 56.1 Å². The van der Waals surface area contributed by atoms with Crippen molar-refractivity contribution in [3.63, 3.8) is 0 Å². The second-order valence-corrected chi connectivity index (χ2v) is 8.99. The molecule has 1 N–H and O–H groups in total. The lowest BCUT2D eigenvalue weighted by atomic mass is 9.80. The molecule has 2 aromatic carbocycles. The van der Waals surface area contributed by atoms with Gasteiger partial charge in [0.05, 0.1) is 0 Å². The van der Waals surface area contributed by atoms with Crippen molar-refractivity contribution >= 4 is 35.0 Å². The van der Waals surface area contributed by atoms with E-state index >= 15 is 0 Å². The van der Waals surface area contributed by atoms with Gasteiger partial charge in [-0.15, -0.1) is 0 Å². The van der Waals surface area contributed by atoms with Gasteiger partial charge in [0.25, 0.3) is 5.91 Å². The minimum absolute atomic E-state index is 0.0218. The minimum atomic E-state index is -0.443. The number of halogens is 1. The summed E-state index contributed by atoms with van der Waals surface area (Å²) in [4.78, 5) is 14.9. The lowest BCUT2D eigenvalue weighted by Gasteiger charge is -2.45. The first-order chi connectivity index (χ1) is 14.2. The zero-order valence-electron chi connectivity index (χ0n) is 18.2. The van der Waals surface area contributed by atoms with Gasteiger partial charge in [-0.05, 0) is 79.6 Å². The quantitative estimate of drug-likeness (QED) is 0.474. The highest BCUT2D eigenvalue weighted by molar-refractivity contribution is 6.32. The third kappa shape index (κ3) is 4.37. The number of rotatable bonds is 4. The standard InChI is InChI=1S/C25H28ClN3O/c1-6-17-7-9-20(10-8-17)28-24(30)19(15-27)11-18-12-21-16(2)14-25(3,4)29(5)23(21)13-22(18)26/h7-13,16H,6,14H2,1-5H3,(H,28,30)/b19-11+. The Morgan fingerprint density at radius 1 is 1.33 bits per heavy atom. The minimum Gasteiger partial charge on any atom is -0.369 e. The summed E-state index contributed by atoms with van der Waals surface area (Å²) in [6.45, 7) is 8.72. The monoisotopic (exact) mass is 421 g/mol. The van der Waals surface area contributed by atoms with Gasteiger partial charge in [0, 0.05) is 29.0 Å². The molecule has 1 aliphatic heterocycles. The number of fused-ring (bicyclic) bond motifs is 1. The highest BCUT2D eigenvalue weighted by Gasteiger charge is 2.34. The summed E-state index contributed by atoms with van der Waals surface area (Å²) in [6, 6.07) is 13.6. The highest BCUT2D eigenvalue weighted by Crippen LogP contribution is 2.44. The van der Waals surface area contributed by atoms with E-state index in [9.17, 15) is 10.1 Å². The molecule has 5 heteroatoms. The first kappa shape index (κ1) is 21.9. The molecular formula is C25H28ClN3O. The van der Waals surface area contributed by atoms with E-state index in [0.29, 0.717) is 22.2 Å². The maximum Gasteiger partial charge on any atom is 0.266 e. The van der Waals surface area contributed by atoms with Crippen LogP contribution in [0.15, 0.2) is 42.0 Å². The molecule has 0 aromatic heterocycles. The van der Waals surface area contributed by atoms with Crippen LogP contribution in [0.4, 0.5) is 11.4 Å². The Balaban J connectivity index is 1.91. The number of nitrogens with zero attached hydrogens (tertiary/aromatic N) is 2. The SMILES string of the molecule is CCc1ccc(NC(=O)/C(C#N)=C/c2cc3c(cc2Cl)N(C)C(C)(C)CC3C)cc1. The molecule has 0 radical (unpaired) electrons. The molecule has 1 aliphatic rings. The second-order valence-electron chi connectivity index (χ2n) is 8.58. The van der Waals surface area contributed by atoms with Crippen LogP contribution in [-0.4, -0.2) is 18.5 Å². The van der Waals surface area contributed by atoms with E-state index in [1.165, 1.54) is 11.1 Å². The van der Waals surface area contributed by atoms with Crippen molar-refractivity contribution in [1.29, 1.82) is 5.26 Å². The normalized spacial score (nSPS) is 17.8. The van der Waals surface area contributed by atoms with Crippen molar-refractivity contribution in [1.82, 2.24) is 0 Å². The molecule has 0 bridgehead atoms. The number of benzene rings is 2. The van der Waals surface area contributed by atoms with Gasteiger partial charge >= 0.3 is 0 Å². The van der Waals surface area contributed by atoms with Gasteiger partial charge in [0.2, 0.25) is 0 Å². The molecular weight excluding hydrogens is 394 g/mol. The van der Waals surface area contributed by atoms with Crippen LogP contribution < -0.4 is 10.2 Å². The van der Waals surface area contributed by atoms with Crippen molar-refractivity contribution in [2.24, 2.45) is 0 Å². The maximum atomic E-state index is 12.7. The summed E-state index contributed by atoms with van der Waals surface area (Å²) >= 11 is 6.55. The summed E-state index contributed by atoms with van der Waals surface area (Å²) in [5, 5.41) is 12.9. The van der Waals surface area contributed by atoms with E-state index in [1.807, 2.05) is 42.5 Å². The number of hydrogen-bond donors (Lipinski definition) is 1. The zero-order chi connectivity index (χ0) is 22.1. The number of anilines is 2. The van der Waals surface area contributed by atoms with Crippen molar-refractivity contribution < 1.29 is 4.79 Å². The number of nitrogens with one attached hydrogen (secondary N) is 1. The van der Waals surface area contributed by atoms with E-state index in [4.69, 9.17) is 11.6 Å². The largest absolute Gasteiger partial charge is 0.369 e. The summed E-state index contributed by atoms with van der Waals surface area (Å²) in [5.41, 5.74) is 4.87. The molecule has 4 nitrogen and oxygen atoms in total. The fraction of sp³-hybridized carbons (Fsp3) is 0.360. The lowest BCUT2D eigenvalue weighted by molar-refractivity contribution is -0.112. The average Bonchev–Trinajstić information content (AvgIpc) is 2.71. The molecule has 1 atom stereocenters. The third-order valence-electron chi connectivity index (χ3n) is 6.04. The second kappa shape index (κ2) is 8.53. The molecule has 156 valence electrons. The van der Waals surface area contributed by atoms with E-state index in [2.05, 4.69) is 45.0 Å². The Hall–Kier alpha value is -2.77. The first-order valence-corrected chi connectivity index (χ1v) is 10.6. The molecule has 2 aromatic rings. The van der Waals surface area contributed by atoms with Crippen LogP contribution in [0.3, 0.4) is 0 Å². The summed E-state index contributed by atoms with van der Waals surface area (Å²) in [5.74, 6) is -0.0890. The van der Waals surface area contributed by atoms with Gasteiger partial charge in [-0.1, -0.05) is 37.6 Å². The predicted molar refractivity (Wildman–Crippen MR) is 125 cm³/mol. The summed E-state index contributed by atoms with van der Waals surface area (Å²) in [6.07, 6.45) is 3.52. The molecule has 30 heavy (non-hydrogen) atoms. The van der Waals surface area contributed by atoms with Crippen molar-refractivity contribution in [2.75, 3.05) is 17.3 Å². The first-order valence-electron chi connectivity index (χ1n) is 10.3. The van der Waals surface area contributed by atoms with Crippen molar-refractivity contribution in [3.8, 4) is 6.07 Å². The zero-order valence-corrected chi connectivity index (χ0v) is 19.0. The molecule has 0 fully saturated rings. The molecule has 3 rings (SSSR count). The fourth-order valence-electron chi connectivity index (χ4n) is 4.04. The van der Waals surface area contributed by atoms with Gasteiger partial charge < -0.3 is 10.2 Å². The van der Waals surface area contributed by atoms with Gasteiger partial charge in [0.1, 0.15) is 11.6 Å². The van der Waals surface area contributed by atoms with Crippen LogP contribution in [0.5, 0.6) is 0 Å². The molecule has 1 unspecified atom stereocenters. The van der Waals surface area contributed by atoms with E-state index in [-0.39, 0.29) is 11.1 Å². The molecule has 1 amide bonds. The maximum absolute atomic E-state index is 12.7. The Bertz CT molecular complexity index is 1030. The number of carbonyl (C=O) groups excluding carboxylic acids is 1. The van der Waals surface area contributed by atoms with E-state index in [1.54, 1.807) is 6.08 Å². The molecule has 0 saturated heterocycles.